The van der Waals surface area contributed by atoms with Crippen LogP contribution in [-0.2, 0) is 0 Å². The molecule has 4 heteroatoms. The van der Waals surface area contributed by atoms with Crippen molar-refractivity contribution in [2.45, 2.75) is 5.91 Å². The molecule has 0 atom stereocenters. The molecule has 4 N–H and O–H groups in total. The van der Waals surface area contributed by atoms with Crippen LogP contribution in [0.15, 0.2) is 43.1 Å². The van der Waals surface area contributed by atoms with Crippen molar-refractivity contribution in [3.05, 3.63) is 48.7 Å². The van der Waals surface area contributed by atoms with Gasteiger partial charge in [-0.15, -0.1) is 0 Å². The SMILES string of the molecule is C=C(c1ccc2ncccc2c1)C(N)(O)O. The molecule has 0 saturated carbocycles. The smallest absolute Gasteiger partial charge is 0.248 e. The van der Waals surface area contributed by atoms with E-state index in [1.54, 1.807) is 24.4 Å². The highest BCUT2D eigenvalue weighted by atomic mass is 16.5. The summed E-state index contributed by atoms with van der Waals surface area (Å²) in [5.41, 5.74) is 6.61. The molecular weight excluding hydrogens is 204 g/mol. The van der Waals surface area contributed by atoms with Gasteiger partial charge in [0, 0.05) is 17.2 Å². The molecule has 0 aliphatic rings. The van der Waals surface area contributed by atoms with E-state index >= 15 is 0 Å². The summed E-state index contributed by atoms with van der Waals surface area (Å²) in [7, 11) is 0. The number of nitrogens with zero attached hydrogens (tertiary/aromatic N) is 1. The maximum absolute atomic E-state index is 9.23. The molecular formula is C12H12N2O2. The number of aliphatic hydroxyl groups is 2. The van der Waals surface area contributed by atoms with Crippen molar-refractivity contribution in [3.63, 3.8) is 0 Å². The van der Waals surface area contributed by atoms with Gasteiger partial charge < -0.3 is 10.2 Å². The summed E-state index contributed by atoms with van der Waals surface area (Å²) in [4.78, 5) is 4.16. The third-order valence-electron chi connectivity index (χ3n) is 2.40. The fourth-order valence-electron chi connectivity index (χ4n) is 1.48. The molecule has 0 aliphatic heterocycles. The van der Waals surface area contributed by atoms with Crippen LogP contribution in [0.25, 0.3) is 16.5 Å². The lowest BCUT2D eigenvalue weighted by atomic mass is 10.0. The van der Waals surface area contributed by atoms with Crippen molar-refractivity contribution in [2.75, 3.05) is 0 Å². The van der Waals surface area contributed by atoms with Crippen LogP contribution in [0.1, 0.15) is 5.56 Å². The van der Waals surface area contributed by atoms with Gasteiger partial charge >= 0.3 is 0 Å². The lowest BCUT2D eigenvalue weighted by Gasteiger charge is -2.18. The Morgan fingerprint density at radius 1 is 1.31 bits per heavy atom. The van der Waals surface area contributed by atoms with Crippen molar-refractivity contribution >= 4 is 16.5 Å². The third-order valence-corrected chi connectivity index (χ3v) is 2.40. The maximum Gasteiger partial charge on any atom is 0.248 e. The van der Waals surface area contributed by atoms with E-state index in [0.29, 0.717) is 5.56 Å². The fourth-order valence-corrected chi connectivity index (χ4v) is 1.48. The Hall–Kier alpha value is -1.75. The van der Waals surface area contributed by atoms with Gasteiger partial charge in [-0.25, -0.2) is 0 Å². The van der Waals surface area contributed by atoms with Crippen LogP contribution >= 0.6 is 0 Å². The molecule has 0 spiro atoms. The number of pyridine rings is 1. The van der Waals surface area contributed by atoms with Crippen molar-refractivity contribution < 1.29 is 10.2 Å². The van der Waals surface area contributed by atoms with Crippen molar-refractivity contribution in [2.24, 2.45) is 5.73 Å². The lowest BCUT2D eigenvalue weighted by Crippen LogP contribution is -2.39. The molecule has 1 aromatic heterocycles. The Kier molecular flexibility index (Phi) is 2.47. The van der Waals surface area contributed by atoms with Gasteiger partial charge in [-0.1, -0.05) is 18.7 Å². The van der Waals surface area contributed by atoms with E-state index in [1.165, 1.54) is 0 Å². The Labute approximate surface area is 92.7 Å². The summed E-state index contributed by atoms with van der Waals surface area (Å²) in [5, 5.41) is 19.4. The first-order valence-electron chi connectivity index (χ1n) is 4.76. The molecule has 0 saturated heterocycles. The highest BCUT2D eigenvalue weighted by molar-refractivity contribution is 5.83. The van der Waals surface area contributed by atoms with E-state index in [-0.39, 0.29) is 5.57 Å². The third kappa shape index (κ3) is 1.94. The van der Waals surface area contributed by atoms with E-state index in [9.17, 15) is 10.2 Å². The predicted octanol–water partition coefficient (Wildman–Crippen LogP) is 0.845. The van der Waals surface area contributed by atoms with Crippen LogP contribution in [0.4, 0.5) is 0 Å². The first-order valence-corrected chi connectivity index (χ1v) is 4.76. The summed E-state index contributed by atoms with van der Waals surface area (Å²) >= 11 is 0. The highest BCUT2D eigenvalue weighted by Gasteiger charge is 2.22. The molecule has 2 aromatic rings. The second-order valence-corrected chi connectivity index (χ2v) is 3.62. The highest BCUT2D eigenvalue weighted by Crippen LogP contribution is 2.23. The summed E-state index contributed by atoms with van der Waals surface area (Å²) in [5.74, 6) is -2.39. The molecule has 1 heterocycles. The van der Waals surface area contributed by atoms with E-state index in [0.717, 1.165) is 10.9 Å². The van der Waals surface area contributed by atoms with Crippen LogP contribution in [-0.4, -0.2) is 21.1 Å². The average Bonchev–Trinajstić information content (AvgIpc) is 2.26. The minimum absolute atomic E-state index is 0.0539. The normalized spacial score (nSPS) is 11.7. The summed E-state index contributed by atoms with van der Waals surface area (Å²) in [6.45, 7) is 3.56. The molecule has 1 aromatic carbocycles. The van der Waals surface area contributed by atoms with Gasteiger partial charge in [0.05, 0.1) is 5.52 Å². The number of aromatic nitrogens is 1. The Balaban J connectivity index is 2.52. The number of nitrogens with two attached hydrogens (primary N) is 1. The molecule has 4 nitrogen and oxygen atoms in total. The minimum atomic E-state index is -2.39. The first kappa shape index (κ1) is 10.8. The molecule has 0 aliphatic carbocycles. The van der Waals surface area contributed by atoms with Crippen molar-refractivity contribution in [1.29, 1.82) is 0 Å². The van der Waals surface area contributed by atoms with Gasteiger partial charge in [0.25, 0.3) is 0 Å². The van der Waals surface area contributed by atoms with Gasteiger partial charge in [-0.2, -0.15) is 0 Å². The van der Waals surface area contributed by atoms with Crippen LogP contribution in [0.3, 0.4) is 0 Å². The largest absolute Gasteiger partial charge is 0.350 e. The van der Waals surface area contributed by atoms with Crippen LogP contribution in [0.2, 0.25) is 0 Å². The van der Waals surface area contributed by atoms with Gasteiger partial charge in [0.1, 0.15) is 0 Å². The van der Waals surface area contributed by atoms with E-state index < -0.39 is 5.91 Å². The molecule has 0 amide bonds. The standard InChI is InChI=1S/C12H12N2O2/c1-8(12(13,15)16)9-4-5-11-10(7-9)3-2-6-14-11/h2-7,15-16H,1,13H2. The number of fused-ring (bicyclic) bond motifs is 1. The monoisotopic (exact) mass is 216 g/mol. The fraction of sp³-hybridized carbons (Fsp3) is 0.0833. The van der Waals surface area contributed by atoms with Crippen LogP contribution in [0.5, 0.6) is 0 Å². The lowest BCUT2D eigenvalue weighted by molar-refractivity contribution is -0.101. The quantitative estimate of drug-likeness (QED) is 0.650. The molecule has 0 radical (unpaired) electrons. The zero-order valence-electron chi connectivity index (χ0n) is 8.59. The minimum Gasteiger partial charge on any atom is -0.350 e. The van der Waals surface area contributed by atoms with E-state index in [1.807, 2.05) is 12.1 Å². The number of hydrogen-bond donors (Lipinski definition) is 3. The first-order chi connectivity index (χ1) is 7.48. The number of rotatable bonds is 2. The van der Waals surface area contributed by atoms with Crippen molar-refractivity contribution in [1.82, 2.24) is 4.98 Å². The molecule has 0 fully saturated rings. The zero-order valence-corrected chi connectivity index (χ0v) is 8.59. The number of hydrogen-bond acceptors (Lipinski definition) is 4. The molecule has 0 bridgehead atoms. The van der Waals surface area contributed by atoms with Gasteiger partial charge in [0.15, 0.2) is 0 Å². The zero-order chi connectivity index (χ0) is 11.8. The summed E-state index contributed by atoms with van der Waals surface area (Å²) in [6, 6.07) is 8.93. The van der Waals surface area contributed by atoms with Gasteiger partial charge in [-0.05, 0) is 23.8 Å². The predicted molar refractivity (Wildman–Crippen MR) is 62.1 cm³/mol. The maximum atomic E-state index is 9.23. The second-order valence-electron chi connectivity index (χ2n) is 3.62. The topological polar surface area (TPSA) is 79.4 Å². The Morgan fingerprint density at radius 3 is 2.75 bits per heavy atom. The van der Waals surface area contributed by atoms with E-state index in [4.69, 9.17) is 5.73 Å². The molecule has 82 valence electrons. The molecule has 16 heavy (non-hydrogen) atoms. The summed E-state index contributed by atoms with van der Waals surface area (Å²) < 4.78 is 0. The van der Waals surface area contributed by atoms with Gasteiger partial charge in [-0.3, -0.25) is 10.7 Å². The molecule has 0 unspecified atom stereocenters. The Bertz CT molecular complexity index is 544. The van der Waals surface area contributed by atoms with Crippen LogP contribution < -0.4 is 5.73 Å². The van der Waals surface area contributed by atoms with Crippen LogP contribution in [0, 0.1) is 0 Å². The average molecular weight is 216 g/mol. The second kappa shape index (κ2) is 3.68. The van der Waals surface area contributed by atoms with Crippen molar-refractivity contribution in [3.8, 4) is 0 Å². The van der Waals surface area contributed by atoms with Gasteiger partial charge in [0.2, 0.25) is 5.91 Å². The van der Waals surface area contributed by atoms with E-state index in [2.05, 4.69) is 11.6 Å². The summed E-state index contributed by atoms with van der Waals surface area (Å²) in [6.07, 6.45) is 1.70. The Morgan fingerprint density at radius 2 is 2.06 bits per heavy atom. The molecule has 2 rings (SSSR count). The number of benzene rings is 1.